The van der Waals surface area contributed by atoms with Crippen molar-refractivity contribution in [3.8, 4) is 0 Å². The van der Waals surface area contributed by atoms with E-state index in [0.29, 0.717) is 42.6 Å². The van der Waals surface area contributed by atoms with E-state index in [1.807, 2.05) is 0 Å². The fourth-order valence-electron chi connectivity index (χ4n) is 2.94. The van der Waals surface area contributed by atoms with Gasteiger partial charge in [0.05, 0.1) is 19.3 Å². The first-order valence-electron chi connectivity index (χ1n) is 8.89. The average Bonchev–Trinajstić information content (AvgIpc) is 2.95. The Bertz CT molecular complexity index is 672. The van der Waals surface area contributed by atoms with E-state index in [1.165, 1.54) is 12.0 Å². The van der Waals surface area contributed by atoms with E-state index >= 15 is 0 Å². The zero-order valence-corrected chi connectivity index (χ0v) is 17.1. The minimum atomic E-state index is -0.296. The van der Waals surface area contributed by atoms with E-state index in [-0.39, 0.29) is 11.9 Å². The number of anilines is 1. The largest absolute Gasteiger partial charge is 0.469 e. The minimum Gasteiger partial charge on any atom is -0.469 e. The van der Waals surface area contributed by atoms with Crippen LogP contribution in [0.5, 0.6) is 0 Å². The lowest BCUT2D eigenvalue weighted by molar-refractivity contribution is -0.140. The third-order valence-electron chi connectivity index (χ3n) is 4.29. The molecule has 0 bridgehead atoms. The smallest absolute Gasteiger partial charge is 0.341 e. The second kappa shape index (κ2) is 9.87. The van der Waals surface area contributed by atoms with Crippen LogP contribution in [0.25, 0.3) is 0 Å². The van der Waals surface area contributed by atoms with Gasteiger partial charge in [0, 0.05) is 17.8 Å². The molecule has 26 heavy (non-hydrogen) atoms. The van der Waals surface area contributed by atoms with Gasteiger partial charge >= 0.3 is 11.9 Å². The standard InChI is InChI=1S/C18H26N2O4S2/c1-4-24-17(22)15-12-8-7-11(2)10-13(12)26-16(15)20-18(25)19-9-5-6-14(21)23-3/h11H,4-10H2,1-3H3,(H2,19,20,25)/t11-/m1/s1. The Morgan fingerprint density at radius 3 is 2.85 bits per heavy atom. The van der Waals surface area contributed by atoms with Gasteiger partial charge in [0.1, 0.15) is 5.00 Å². The van der Waals surface area contributed by atoms with Gasteiger partial charge in [0.2, 0.25) is 0 Å². The SMILES string of the molecule is CCOC(=O)c1c(NC(=S)NCCCC(=O)OC)sc2c1CC[C@@H](C)C2. The first-order valence-corrected chi connectivity index (χ1v) is 10.1. The van der Waals surface area contributed by atoms with Gasteiger partial charge in [-0.15, -0.1) is 11.3 Å². The number of thiophene rings is 1. The van der Waals surface area contributed by atoms with Crippen LogP contribution in [0.1, 0.15) is 53.9 Å². The van der Waals surface area contributed by atoms with E-state index in [2.05, 4.69) is 22.3 Å². The summed E-state index contributed by atoms with van der Waals surface area (Å²) in [6.45, 7) is 4.93. The van der Waals surface area contributed by atoms with Crippen LogP contribution in [-0.4, -0.2) is 37.3 Å². The second-order valence-electron chi connectivity index (χ2n) is 6.34. The lowest BCUT2D eigenvalue weighted by atomic mass is 9.88. The number of hydrogen-bond acceptors (Lipinski definition) is 6. The summed E-state index contributed by atoms with van der Waals surface area (Å²) in [6, 6.07) is 0. The van der Waals surface area contributed by atoms with Crippen molar-refractivity contribution in [2.24, 2.45) is 5.92 Å². The van der Waals surface area contributed by atoms with Gasteiger partial charge in [0.15, 0.2) is 5.11 Å². The third-order valence-corrected chi connectivity index (χ3v) is 5.71. The normalized spacial score (nSPS) is 15.7. The quantitative estimate of drug-likeness (QED) is 0.415. The number of nitrogens with one attached hydrogen (secondary N) is 2. The molecular formula is C18H26N2O4S2. The van der Waals surface area contributed by atoms with Crippen LogP contribution in [0.3, 0.4) is 0 Å². The molecule has 1 aromatic heterocycles. The number of esters is 2. The van der Waals surface area contributed by atoms with Crippen LogP contribution >= 0.6 is 23.6 Å². The van der Waals surface area contributed by atoms with E-state index in [9.17, 15) is 9.59 Å². The minimum absolute atomic E-state index is 0.240. The summed E-state index contributed by atoms with van der Waals surface area (Å²) in [4.78, 5) is 24.8. The summed E-state index contributed by atoms with van der Waals surface area (Å²) in [7, 11) is 1.37. The van der Waals surface area contributed by atoms with Gasteiger partial charge < -0.3 is 20.1 Å². The summed E-state index contributed by atoms with van der Waals surface area (Å²) in [5.41, 5.74) is 1.72. The number of methoxy groups -OCH3 is 1. The third kappa shape index (κ3) is 5.41. The number of hydrogen-bond donors (Lipinski definition) is 2. The lowest BCUT2D eigenvalue weighted by Crippen LogP contribution is -2.30. The zero-order valence-electron chi connectivity index (χ0n) is 15.5. The van der Waals surface area contributed by atoms with Crippen molar-refractivity contribution in [1.29, 1.82) is 0 Å². The summed E-state index contributed by atoms with van der Waals surface area (Å²) in [5, 5.41) is 7.39. The molecule has 1 heterocycles. The number of carbonyl (C=O) groups is 2. The molecule has 0 radical (unpaired) electrons. The van der Waals surface area contributed by atoms with Crippen molar-refractivity contribution in [3.05, 3.63) is 16.0 Å². The Morgan fingerprint density at radius 2 is 2.15 bits per heavy atom. The van der Waals surface area contributed by atoms with E-state index in [1.54, 1.807) is 18.3 Å². The Morgan fingerprint density at radius 1 is 1.38 bits per heavy atom. The molecule has 1 aliphatic carbocycles. The molecule has 0 unspecified atom stereocenters. The average molecular weight is 399 g/mol. The number of thiocarbonyl (C=S) groups is 1. The molecule has 0 saturated heterocycles. The number of rotatable bonds is 7. The molecule has 8 heteroatoms. The Balaban J connectivity index is 2.04. The van der Waals surface area contributed by atoms with Gasteiger partial charge in [-0.05, 0) is 56.3 Å². The van der Waals surface area contributed by atoms with E-state index < -0.39 is 0 Å². The van der Waals surface area contributed by atoms with Gasteiger partial charge in [-0.3, -0.25) is 4.79 Å². The van der Waals surface area contributed by atoms with Gasteiger partial charge in [0.25, 0.3) is 0 Å². The number of ether oxygens (including phenoxy) is 2. The summed E-state index contributed by atoms with van der Waals surface area (Å²) in [6.07, 6.45) is 3.91. The molecule has 2 rings (SSSR count). The summed E-state index contributed by atoms with van der Waals surface area (Å²) in [5.74, 6) is 0.0818. The molecule has 2 N–H and O–H groups in total. The number of fused-ring (bicyclic) bond motifs is 1. The molecule has 6 nitrogen and oxygen atoms in total. The van der Waals surface area contributed by atoms with Crippen LogP contribution in [0.2, 0.25) is 0 Å². The highest BCUT2D eigenvalue weighted by atomic mass is 32.1. The molecule has 1 aromatic rings. The molecule has 0 saturated carbocycles. The van der Waals surface area contributed by atoms with Gasteiger partial charge in [-0.1, -0.05) is 6.92 Å². The highest BCUT2D eigenvalue weighted by Crippen LogP contribution is 2.40. The molecule has 1 atom stereocenters. The second-order valence-corrected chi connectivity index (χ2v) is 7.85. The fraction of sp³-hybridized carbons (Fsp3) is 0.611. The predicted octanol–water partition coefficient (Wildman–Crippen LogP) is 3.29. The zero-order chi connectivity index (χ0) is 19.1. The molecule has 0 aliphatic heterocycles. The number of carbonyl (C=O) groups excluding carboxylic acids is 2. The van der Waals surface area contributed by atoms with Crippen LogP contribution in [0.15, 0.2) is 0 Å². The maximum Gasteiger partial charge on any atom is 0.341 e. The Kier molecular flexibility index (Phi) is 7.84. The van der Waals surface area contributed by atoms with Crippen molar-refractivity contribution < 1.29 is 19.1 Å². The Labute approximate surface area is 163 Å². The molecule has 0 spiro atoms. The van der Waals surface area contributed by atoms with Crippen molar-refractivity contribution in [3.63, 3.8) is 0 Å². The van der Waals surface area contributed by atoms with E-state index in [4.69, 9.17) is 17.0 Å². The van der Waals surface area contributed by atoms with Crippen molar-refractivity contribution in [2.45, 2.75) is 46.0 Å². The van der Waals surface area contributed by atoms with Crippen molar-refractivity contribution in [1.82, 2.24) is 5.32 Å². The highest BCUT2D eigenvalue weighted by Gasteiger charge is 2.28. The first kappa shape index (κ1) is 20.6. The van der Waals surface area contributed by atoms with Crippen LogP contribution < -0.4 is 10.6 Å². The van der Waals surface area contributed by atoms with E-state index in [0.717, 1.165) is 29.8 Å². The molecular weight excluding hydrogens is 372 g/mol. The summed E-state index contributed by atoms with van der Waals surface area (Å²) < 4.78 is 9.86. The fourth-order valence-corrected chi connectivity index (χ4v) is 4.61. The van der Waals surface area contributed by atoms with Crippen molar-refractivity contribution in [2.75, 3.05) is 25.6 Å². The lowest BCUT2D eigenvalue weighted by Gasteiger charge is -2.18. The molecule has 0 aromatic carbocycles. The van der Waals surface area contributed by atoms with Crippen LogP contribution in [0, 0.1) is 5.92 Å². The summed E-state index contributed by atoms with van der Waals surface area (Å²) >= 11 is 6.92. The maximum absolute atomic E-state index is 12.5. The Hall–Kier alpha value is -1.67. The van der Waals surface area contributed by atoms with Crippen LogP contribution in [0.4, 0.5) is 5.00 Å². The predicted molar refractivity (Wildman–Crippen MR) is 107 cm³/mol. The van der Waals surface area contributed by atoms with Crippen LogP contribution in [-0.2, 0) is 27.1 Å². The highest BCUT2D eigenvalue weighted by molar-refractivity contribution is 7.80. The topological polar surface area (TPSA) is 76.7 Å². The first-order chi connectivity index (χ1) is 12.5. The molecule has 0 fully saturated rings. The van der Waals surface area contributed by atoms with Gasteiger partial charge in [-0.25, -0.2) is 4.79 Å². The molecule has 1 aliphatic rings. The van der Waals surface area contributed by atoms with Crippen molar-refractivity contribution >= 4 is 45.6 Å². The monoisotopic (exact) mass is 398 g/mol. The van der Waals surface area contributed by atoms with Gasteiger partial charge in [-0.2, -0.15) is 0 Å². The molecule has 0 amide bonds. The maximum atomic E-state index is 12.5. The molecule has 144 valence electrons.